The minimum atomic E-state index is -0.483. The van der Waals surface area contributed by atoms with Gasteiger partial charge in [-0.1, -0.05) is 30.3 Å². The molecule has 0 aromatic heterocycles. The van der Waals surface area contributed by atoms with Gasteiger partial charge in [0.25, 0.3) is 0 Å². The molecule has 1 aromatic rings. The molecule has 0 spiro atoms. The molecule has 0 fully saturated rings. The molecule has 0 bridgehead atoms. The van der Waals surface area contributed by atoms with E-state index in [9.17, 15) is 9.59 Å². The van der Waals surface area contributed by atoms with Crippen LogP contribution in [0.2, 0.25) is 0 Å². The van der Waals surface area contributed by atoms with E-state index in [1.54, 1.807) is 0 Å². The van der Waals surface area contributed by atoms with Gasteiger partial charge in [0.05, 0.1) is 4.48 Å². The number of ether oxygens (including phenoxy) is 1. The average Bonchev–Trinajstić information content (AvgIpc) is 2.72. The molecule has 5 heteroatoms. The molecule has 0 saturated carbocycles. The minimum Gasteiger partial charge on any atom is -0.455 e. The van der Waals surface area contributed by atoms with Gasteiger partial charge >= 0.3 is 5.97 Å². The second kappa shape index (κ2) is 6.52. The third kappa shape index (κ3) is 3.92. The minimum absolute atomic E-state index is 0.165. The molecule has 1 aliphatic rings. The summed E-state index contributed by atoms with van der Waals surface area (Å²) in [6.45, 7) is 0.193. The number of esters is 1. The van der Waals surface area contributed by atoms with E-state index in [1.165, 1.54) is 5.56 Å². The van der Waals surface area contributed by atoms with Gasteiger partial charge in [-0.25, -0.2) is 4.79 Å². The Morgan fingerprint density at radius 2 is 2.05 bits per heavy atom. The summed E-state index contributed by atoms with van der Waals surface area (Å²) < 4.78 is 5.37. The van der Waals surface area contributed by atoms with Crippen molar-refractivity contribution < 1.29 is 14.3 Å². The zero-order valence-electron chi connectivity index (χ0n) is 10.3. The van der Waals surface area contributed by atoms with Gasteiger partial charge in [0, 0.05) is 6.42 Å². The molecule has 0 saturated heterocycles. The molecular formula is C14H14BrNO3. The third-order valence-electron chi connectivity index (χ3n) is 2.78. The van der Waals surface area contributed by atoms with Crippen LogP contribution < -0.4 is 5.32 Å². The summed E-state index contributed by atoms with van der Waals surface area (Å²) in [6, 6.07) is 9.99. The van der Waals surface area contributed by atoms with Gasteiger partial charge in [-0.3, -0.25) is 4.79 Å². The summed E-state index contributed by atoms with van der Waals surface area (Å²) in [7, 11) is 0. The van der Waals surface area contributed by atoms with Crippen LogP contribution in [0, 0.1) is 0 Å². The van der Waals surface area contributed by atoms with E-state index < -0.39 is 5.97 Å². The number of nitrogens with one attached hydrogen (secondary N) is 1. The van der Waals surface area contributed by atoms with Crippen molar-refractivity contribution in [3.8, 4) is 0 Å². The summed E-state index contributed by atoms with van der Waals surface area (Å²) in [5, 5.41) is 2.58. The molecule has 19 heavy (non-hydrogen) atoms. The maximum Gasteiger partial charge on any atom is 0.356 e. The van der Waals surface area contributed by atoms with Crippen LogP contribution in [0.4, 0.5) is 0 Å². The maximum atomic E-state index is 11.7. The second-order valence-corrected chi connectivity index (χ2v) is 5.20. The van der Waals surface area contributed by atoms with Crippen molar-refractivity contribution in [1.29, 1.82) is 0 Å². The maximum absolute atomic E-state index is 11.7. The van der Waals surface area contributed by atoms with Crippen LogP contribution in [0.1, 0.15) is 18.4 Å². The lowest BCUT2D eigenvalue weighted by Gasteiger charge is -2.04. The van der Waals surface area contributed by atoms with Gasteiger partial charge in [-0.2, -0.15) is 0 Å². The lowest BCUT2D eigenvalue weighted by atomic mass is 10.1. The molecule has 4 nitrogen and oxygen atoms in total. The number of amides is 1. The topological polar surface area (TPSA) is 55.4 Å². The second-order valence-electron chi connectivity index (χ2n) is 4.24. The molecule has 0 unspecified atom stereocenters. The van der Waals surface area contributed by atoms with Crippen LogP contribution in [0.5, 0.6) is 0 Å². The average molecular weight is 324 g/mol. The highest BCUT2D eigenvalue weighted by atomic mass is 79.9. The number of hydrogen-bond donors (Lipinski definition) is 1. The molecule has 1 aliphatic heterocycles. The number of halogens is 1. The normalized spacial score (nSPS) is 14.5. The van der Waals surface area contributed by atoms with Gasteiger partial charge in [-0.15, -0.1) is 0 Å². The van der Waals surface area contributed by atoms with E-state index in [-0.39, 0.29) is 18.2 Å². The van der Waals surface area contributed by atoms with Crippen LogP contribution in [0.25, 0.3) is 0 Å². The quantitative estimate of drug-likeness (QED) is 0.846. The van der Waals surface area contributed by atoms with E-state index in [4.69, 9.17) is 4.74 Å². The highest BCUT2D eigenvalue weighted by Gasteiger charge is 2.24. The standard InChI is InChI=1S/C14H14BrNO3/c15-11-9-19-14(18)13(11)16-12(17)8-4-7-10-5-2-1-3-6-10/h1-3,5-6H,4,7-9H2,(H,16,17). The van der Waals surface area contributed by atoms with Gasteiger partial charge < -0.3 is 10.1 Å². The van der Waals surface area contributed by atoms with E-state index >= 15 is 0 Å². The SMILES string of the molecule is O=C(CCCc1ccccc1)NC1=C(Br)COC1=O. The van der Waals surface area contributed by atoms with Crippen molar-refractivity contribution >= 4 is 27.8 Å². The molecule has 0 atom stereocenters. The van der Waals surface area contributed by atoms with E-state index in [0.29, 0.717) is 10.9 Å². The third-order valence-corrected chi connectivity index (χ3v) is 3.41. The fraction of sp³-hybridized carbons (Fsp3) is 0.286. The van der Waals surface area contributed by atoms with Crippen LogP contribution in [0.3, 0.4) is 0 Å². The number of aryl methyl sites for hydroxylation is 1. The number of benzene rings is 1. The van der Waals surface area contributed by atoms with Crippen LogP contribution in [-0.2, 0) is 20.7 Å². The van der Waals surface area contributed by atoms with Crippen LogP contribution >= 0.6 is 15.9 Å². The first-order chi connectivity index (χ1) is 9.16. The Hall–Kier alpha value is -1.62. The number of rotatable bonds is 5. The van der Waals surface area contributed by atoms with E-state index in [1.807, 2.05) is 30.3 Å². The first kappa shape index (κ1) is 13.8. The molecule has 100 valence electrons. The number of carbonyl (C=O) groups excluding carboxylic acids is 2. The molecule has 1 N–H and O–H groups in total. The van der Waals surface area contributed by atoms with Gasteiger partial charge in [0.15, 0.2) is 0 Å². The Morgan fingerprint density at radius 1 is 1.32 bits per heavy atom. The summed E-state index contributed by atoms with van der Waals surface area (Å²) in [6.07, 6.45) is 1.97. The highest BCUT2D eigenvalue weighted by molar-refractivity contribution is 9.11. The van der Waals surface area contributed by atoms with Crippen molar-refractivity contribution in [1.82, 2.24) is 5.32 Å². The Morgan fingerprint density at radius 3 is 2.68 bits per heavy atom. The highest BCUT2D eigenvalue weighted by Crippen LogP contribution is 2.19. The molecule has 2 rings (SSSR count). The largest absolute Gasteiger partial charge is 0.455 e. The number of cyclic esters (lactones) is 1. The van der Waals surface area contributed by atoms with Crippen molar-refractivity contribution in [2.45, 2.75) is 19.3 Å². The predicted octanol–water partition coefficient (Wildman–Crippen LogP) is 2.29. The summed E-state index contributed by atoms with van der Waals surface area (Å²) in [5.74, 6) is -0.648. The van der Waals surface area contributed by atoms with Crippen molar-refractivity contribution in [3.05, 3.63) is 46.1 Å². The van der Waals surface area contributed by atoms with Gasteiger partial charge in [0.1, 0.15) is 12.3 Å². The lowest BCUT2D eigenvalue weighted by molar-refractivity contribution is -0.137. The zero-order valence-corrected chi connectivity index (χ0v) is 11.9. The zero-order chi connectivity index (χ0) is 13.7. The molecule has 1 amide bonds. The number of carbonyl (C=O) groups is 2. The molecule has 0 aliphatic carbocycles. The Kier molecular flexibility index (Phi) is 4.74. The first-order valence-electron chi connectivity index (χ1n) is 6.06. The van der Waals surface area contributed by atoms with Crippen molar-refractivity contribution in [2.24, 2.45) is 0 Å². The lowest BCUT2D eigenvalue weighted by Crippen LogP contribution is -2.26. The first-order valence-corrected chi connectivity index (χ1v) is 6.85. The Labute approximate surface area is 120 Å². The fourth-order valence-corrected chi connectivity index (χ4v) is 2.18. The molecule has 0 radical (unpaired) electrons. The monoisotopic (exact) mass is 323 g/mol. The Bertz CT molecular complexity index is 511. The molecule has 1 heterocycles. The summed E-state index contributed by atoms with van der Waals surface area (Å²) in [5.41, 5.74) is 1.43. The van der Waals surface area contributed by atoms with E-state index in [2.05, 4.69) is 21.2 Å². The number of hydrogen-bond acceptors (Lipinski definition) is 3. The summed E-state index contributed by atoms with van der Waals surface area (Å²) in [4.78, 5) is 23.0. The molecular weight excluding hydrogens is 310 g/mol. The van der Waals surface area contributed by atoms with E-state index in [0.717, 1.165) is 12.8 Å². The summed E-state index contributed by atoms with van der Waals surface area (Å²) >= 11 is 3.20. The smallest absolute Gasteiger partial charge is 0.356 e. The Balaban J connectivity index is 1.76. The van der Waals surface area contributed by atoms with Crippen molar-refractivity contribution in [2.75, 3.05) is 6.61 Å². The van der Waals surface area contributed by atoms with Crippen LogP contribution in [0.15, 0.2) is 40.5 Å². The fourth-order valence-electron chi connectivity index (χ4n) is 1.80. The van der Waals surface area contributed by atoms with Gasteiger partial charge in [-0.05, 0) is 34.3 Å². The van der Waals surface area contributed by atoms with Crippen molar-refractivity contribution in [3.63, 3.8) is 0 Å². The predicted molar refractivity (Wildman–Crippen MR) is 74.4 cm³/mol. The van der Waals surface area contributed by atoms with Gasteiger partial charge in [0.2, 0.25) is 5.91 Å². The van der Waals surface area contributed by atoms with Crippen LogP contribution in [-0.4, -0.2) is 18.5 Å². The molecule has 1 aromatic carbocycles.